The molecule has 0 amide bonds. The second-order valence-electron chi connectivity index (χ2n) is 7.66. The topological polar surface area (TPSA) is 0 Å². The zero-order valence-corrected chi connectivity index (χ0v) is 16.1. The summed E-state index contributed by atoms with van der Waals surface area (Å²) in [4.78, 5) is 0. The molecule has 3 aromatic carbocycles. The second kappa shape index (κ2) is 6.61. The van der Waals surface area contributed by atoms with E-state index in [2.05, 4.69) is 94.4 Å². The van der Waals surface area contributed by atoms with E-state index in [4.69, 9.17) is 0 Å². The first-order valence-electron chi connectivity index (χ1n) is 9.53. The molecule has 26 heavy (non-hydrogen) atoms. The van der Waals surface area contributed by atoms with E-state index in [1.165, 1.54) is 49.4 Å². The van der Waals surface area contributed by atoms with Crippen LogP contribution in [0.1, 0.15) is 52.6 Å². The molecule has 0 N–H and O–H groups in total. The van der Waals surface area contributed by atoms with E-state index in [9.17, 15) is 0 Å². The van der Waals surface area contributed by atoms with Crippen LogP contribution in [0.25, 0.3) is 11.6 Å². The quantitative estimate of drug-likeness (QED) is 0.576. The van der Waals surface area contributed by atoms with Gasteiger partial charge in [-0.3, -0.25) is 0 Å². The van der Waals surface area contributed by atoms with Gasteiger partial charge in [-0.15, -0.1) is 0 Å². The van der Waals surface area contributed by atoms with E-state index in [0.717, 1.165) is 6.42 Å². The van der Waals surface area contributed by atoms with Crippen LogP contribution >= 0.6 is 0 Å². The summed E-state index contributed by atoms with van der Waals surface area (Å²) in [6.07, 6.45) is 3.49. The molecule has 130 valence electrons. The lowest BCUT2D eigenvalue weighted by atomic mass is 9.81. The van der Waals surface area contributed by atoms with Gasteiger partial charge in [0.25, 0.3) is 0 Å². The summed E-state index contributed by atoms with van der Waals surface area (Å²) in [6.45, 7) is 9.03. The molecule has 0 nitrogen and oxygen atoms in total. The van der Waals surface area contributed by atoms with Crippen LogP contribution in [-0.4, -0.2) is 0 Å². The fourth-order valence-electron chi connectivity index (χ4n) is 4.48. The zero-order chi connectivity index (χ0) is 18.3. The molecule has 0 spiro atoms. The summed E-state index contributed by atoms with van der Waals surface area (Å²) >= 11 is 0. The van der Waals surface area contributed by atoms with Crippen molar-refractivity contribution in [3.05, 3.63) is 104 Å². The van der Waals surface area contributed by atoms with Gasteiger partial charge in [-0.25, -0.2) is 0 Å². The van der Waals surface area contributed by atoms with Crippen molar-refractivity contribution in [2.24, 2.45) is 0 Å². The third-order valence-electron chi connectivity index (χ3n) is 5.61. The van der Waals surface area contributed by atoms with E-state index >= 15 is 0 Å². The van der Waals surface area contributed by atoms with Crippen LogP contribution < -0.4 is 10.4 Å². The molecule has 1 aliphatic carbocycles. The number of hydrogen-bond donors (Lipinski definition) is 0. The first kappa shape index (κ1) is 16.8. The van der Waals surface area contributed by atoms with Crippen molar-refractivity contribution in [3.63, 3.8) is 0 Å². The van der Waals surface area contributed by atoms with Crippen molar-refractivity contribution >= 4 is 11.6 Å². The molecule has 0 heterocycles. The Morgan fingerprint density at radius 1 is 0.808 bits per heavy atom. The van der Waals surface area contributed by atoms with Gasteiger partial charge >= 0.3 is 0 Å². The second-order valence-corrected chi connectivity index (χ2v) is 7.66. The average Bonchev–Trinajstić information content (AvgIpc) is 2.62. The van der Waals surface area contributed by atoms with Crippen molar-refractivity contribution < 1.29 is 0 Å². The summed E-state index contributed by atoms with van der Waals surface area (Å²) < 4.78 is 0. The molecule has 0 heteroatoms. The maximum atomic E-state index is 2.41. The number of rotatable bonds is 1. The number of aryl methyl sites for hydroxylation is 3. The third kappa shape index (κ3) is 2.80. The maximum Gasteiger partial charge on any atom is -0.00248 e. The van der Waals surface area contributed by atoms with Crippen molar-refractivity contribution in [2.75, 3.05) is 0 Å². The Bertz CT molecular complexity index is 1080. The predicted octanol–water partition coefficient (Wildman–Crippen LogP) is 5.15. The first-order valence-corrected chi connectivity index (χ1v) is 9.53. The predicted molar refractivity (Wildman–Crippen MR) is 112 cm³/mol. The van der Waals surface area contributed by atoms with Gasteiger partial charge < -0.3 is 0 Å². The van der Waals surface area contributed by atoms with Crippen LogP contribution in [0, 0.1) is 20.8 Å². The fraction of sp³-hybridized carbons (Fsp3) is 0.231. The number of fused-ring (bicyclic) bond motifs is 2. The van der Waals surface area contributed by atoms with Crippen LogP contribution in [0.5, 0.6) is 0 Å². The van der Waals surface area contributed by atoms with Gasteiger partial charge in [0.2, 0.25) is 0 Å². The Labute approximate surface area is 156 Å². The lowest BCUT2D eigenvalue weighted by Crippen LogP contribution is -2.29. The average molecular weight is 338 g/mol. The molecule has 3 aromatic rings. The summed E-state index contributed by atoms with van der Waals surface area (Å²) in [6, 6.07) is 22.5. The van der Waals surface area contributed by atoms with Crippen molar-refractivity contribution in [1.82, 2.24) is 0 Å². The van der Waals surface area contributed by atoms with Crippen LogP contribution in [0.3, 0.4) is 0 Å². The molecule has 1 aliphatic rings. The van der Waals surface area contributed by atoms with Crippen molar-refractivity contribution in [1.29, 1.82) is 0 Å². The Kier molecular flexibility index (Phi) is 4.28. The molecule has 0 aromatic heterocycles. The van der Waals surface area contributed by atoms with Gasteiger partial charge in [0.1, 0.15) is 0 Å². The molecular formula is C26H26. The maximum absolute atomic E-state index is 2.41. The monoisotopic (exact) mass is 338 g/mol. The summed E-state index contributed by atoms with van der Waals surface area (Å²) in [7, 11) is 0. The molecule has 0 fully saturated rings. The fourth-order valence-corrected chi connectivity index (χ4v) is 4.48. The van der Waals surface area contributed by atoms with Gasteiger partial charge in [0, 0.05) is 0 Å². The third-order valence-corrected chi connectivity index (χ3v) is 5.61. The normalized spacial score (nSPS) is 16.2. The van der Waals surface area contributed by atoms with Crippen molar-refractivity contribution in [3.8, 4) is 0 Å². The summed E-state index contributed by atoms with van der Waals surface area (Å²) in [5.74, 6) is 0.514. The minimum atomic E-state index is 0.514. The SMILES string of the molecule is Cc1cc(C)c(C2=c3ccccc3=CCC(C)c3ccccc32)c(C)c1. The Morgan fingerprint density at radius 2 is 1.46 bits per heavy atom. The molecule has 0 saturated carbocycles. The van der Waals surface area contributed by atoms with Gasteiger partial charge in [-0.1, -0.05) is 79.2 Å². The van der Waals surface area contributed by atoms with E-state index in [-0.39, 0.29) is 0 Å². The van der Waals surface area contributed by atoms with Gasteiger partial charge in [-0.2, -0.15) is 0 Å². The van der Waals surface area contributed by atoms with E-state index in [1.54, 1.807) is 0 Å². The van der Waals surface area contributed by atoms with E-state index < -0.39 is 0 Å². The standard InChI is InChI=1S/C26H26/c1-17-15-19(3)25(20(4)16-17)26-23-11-6-5-9-21(23)14-13-18(2)22-10-7-8-12-24(22)26/h5-12,14-16,18H,13H2,1-4H3. The molecule has 4 rings (SSSR count). The largest absolute Gasteiger partial charge is 0.0760 e. The number of hydrogen-bond acceptors (Lipinski definition) is 0. The van der Waals surface area contributed by atoms with Crippen molar-refractivity contribution in [2.45, 2.75) is 40.0 Å². The van der Waals surface area contributed by atoms with Crippen LogP contribution in [-0.2, 0) is 0 Å². The lowest BCUT2D eigenvalue weighted by molar-refractivity contribution is 0.797. The minimum absolute atomic E-state index is 0.514. The summed E-state index contributed by atoms with van der Waals surface area (Å²) in [5, 5.41) is 2.70. The van der Waals surface area contributed by atoms with E-state index in [0.29, 0.717) is 5.92 Å². The molecule has 0 aliphatic heterocycles. The highest BCUT2D eigenvalue weighted by Crippen LogP contribution is 2.34. The van der Waals surface area contributed by atoms with Gasteiger partial charge in [0.15, 0.2) is 0 Å². The molecule has 1 atom stereocenters. The Hall–Kier alpha value is -2.60. The van der Waals surface area contributed by atoms with E-state index in [1.807, 2.05) is 0 Å². The van der Waals surface area contributed by atoms with Crippen LogP contribution in [0.2, 0.25) is 0 Å². The molecule has 1 unspecified atom stereocenters. The highest BCUT2D eigenvalue weighted by atomic mass is 14.2. The van der Waals surface area contributed by atoms with Gasteiger partial charge in [0.05, 0.1) is 0 Å². The molecular weight excluding hydrogens is 312 g/mol. The summed E-state index contributed by atoms with van der Waals surface area (Å²) in [5.41, 5.74) is 9.65. The molecule has 0 saturated heterocycles. The zero-order valence-electron chi connectivity index (χ0n) is 16.1. The first-order chi connectivity index (χ1) is 12.6. The highest BCUT2D eigenvalue weighted by Gasteiger charge is 2.19. The van der Waals surface area contributed by atoms with Crippen LogP contribution in [0.4, 0.5) is 0 Å². The van der Waals surface area contributed by atoms with Gasteiger partial charge in [-0.05, 0) is 76.9 Å². The Balaban J connectivity index is 2.23. The van der Waals surface area contributed by atoms with Crippen LogP contribution in [0.15, 0.2) is 60.7 Å². The smallest absolute Gasteiger partial charge is 0.00248 e. The number of benzene rings is 3. The highest BCUT2D eigenvalue weighted by molar-refractivity contribution is 5.85. The molecule has 0 radical (unpaired) electrons. The molecule has 0 bridgehead atoms. The Morgan fingerprint density at radius 3 is 2.23 bits per heavy atom. The minimum Gasteiger partial charge on any atom is -0.0760 e. The lowest BCUT2D eigenvalue weighted by Gasteiger charge is -2.23.